The van der Waals surface area contributed by atoms with Crippen molar-refractivity contribution in [1.29, 1.82) is 0 Å². The number of methoxy groups -OCH3 is 2. The number of hydrogen-bond acceptors (Lipinski definition) is 9. The number of rotatable bonds is 11. The molecule has 4 aromatic carbocycles. The lowest BCUT2D eigenvalue weighted by Crippen LogP contribution is -2.39. The van der Waals surface area contributed by atoms with Gasteiger partial charge in [0.1, 0.15) is 41.2 Å². The number of aliphatic hydroxyl groups is 2. The molecule has 0 bridgehead atoms. The maximum absolute atomic E-state index is 13.1. The minimum atomic E-state index is -1.48. The van der Waals surface area contributed by atoms with Crippen molar-refractivity contribution in [1.82, 2.24) is 9.55 Å². The van der Waals surface area contributed by atoms with E-state index in [2.05, 4.69) is 10.3 Å². The molecule has 0 saturated carbocycles. The minimum absolute atomic E-state index is 0.0310. The highest BCUT2D eigenvalue weighted by Gasteiger charge is 2.47. The monoisotopic (exact) mass is 649 g/mol. The first-order valence-corrected chi connectivity index (χ1v) is 15.3. The number of aromatic nitrogens is 2. The number of ether oxygens (including phenoxy) is 4. The second-order valence-corrected chi connectivity index (χ2v) is 11.2. The minimum Gasteiger partial charge on any atom is -0.497 e. The Bertz CT molecular complexity index is 1900. The molecule has 0 aliphatic carbocycles. The molecule has 5 unspecified atom stereocenters. The summed E-state index contributed by atoms with van der Waals surface area (Å²) in [7, 11) is 3.18. The Balaban J connectivity index is 1.30. The summed E-state index contributed by atoms with van der Waals surface area (Å²) < 4.78 is 25.0. The molecule has 1 aliphatic heterocycles. The van der Waals surface area contributed by atoms with Crippen LogP contribution in [0.1, 0.15) is 33.3 Å². The van der Waals surface area contributed by atoms with Crippen molar-refractivity contribution < 1.29 is 34.0 Å². The van der Waals surface area contributed by atoms with Crippen molar-refractivity contribution in [3.8, 4) is 11.5 Å². The van der Waals surface area contributed by atoms with Crippen LogP contribution < -0.4 is 20.5 Å². The van der Waals surface area contributed by atoms with Crippen molar-refractivity contribution in [2.24, 2.45) is 0 Å². The van der Waals surface area contributed by atoms with Gasteiger partial charge in [-0.3, -0.25) is 9.36 Å². The molecule has 48 heavy (non-hydrogen) atoms. The molecule has 3 N–H and O–H groups in total. The predicted octanol–water partition coefficient (Wildman–Crippen LogP) is 4.14. The summed E-state index contributed by atoms with van der Waals surface area (Å²) in [4.78, 5) is 29.6. The van der Waals surface area contributed by atoms with E-state index >= 15 is 0 Å². The van der Waals surface area contributed by atoms with E-state index in [0.29, 0.717) is 17.1 Å². The molecule has 1 amide bonds. The first-order valence-electron chi connectivity index (χ1n) is 15.3. The summed E-state index contributed by atoms with van der Waals surface area (Å²) >= 11 is 0. The normalized spacial score (nSPS) is 20.1. The number of nitrogens with zero attached hydrogens (tertiary/aromatic N) is 2. The fourth-order valence-electron chi connectivity index (χ4n) is 5.85. The second kappa shape index (κ2) is 14.2. The Labute approximate surface area is 277 Å². The average molecular weight is 650 g/mol. The molecule has 246 valence electrons. The number of anilines is 1. The first-order chi connectivity index (χ1) is 23.3. The second-order valence-electron chi connectivity index (χ2n) is 11.2. The van der Waals surface area contributed by atoms with Crippen LogP contribution in [0.3, 0.4) is 0 Å². The lowest BCUT2D eigenvalue weighted by atomic mass is 9.80. The van der Waals surface area contributed by atoms with Gasteiger partial charge >= 0.3 is 5.69 Å². The Morgan fingerprint density at radius 3 is 2.12 bits per heavy atom. The molecule has 11 nitrogen and oxygen atoms in total. The van der Waals surface area contributed by atoms with E-state index in [-0.39, 0.29) is 12.4 Å². The number of amides is 1. The van der Waals surface area contributed by atoms with Gasteiger partial charge in [0.15, 0.2) is 6.23 Å². The Morgan fingerprint density at radius 1 is 0.812 bits per heavy atom. The van der Waals surface area contributed by atoms with Gasteiger partial charge in [-0.05, 0) is 59.2 Å². The summed E-state index contributed by atoms with van der Waals surface area (Å²) in [6.45, 7) is -0.180. The highest BCUT2D eigenvalue weighted by Crippen LogP contribution is 2.43. The maximum Gasteiger partial charge on any atom is 0.351 e. The molecule has 11 heteroatoms. The third-order valence-electron chi connectivity index (χ3n) is 8.34. The lowest BCUT2D eigenvalue weighted by molar-refractivity contribution is -0.0958. The van der Waals surface area contributed by atoms with Crippen molar-refractivity contribution >= 4 is 11.7 Å². The van der Waals surface area contributed by atoms with Crippen molar-refractivity contribution in [3.63, 3.8) is 0 Å². The number of aliphatic hydroxyl groups excluding tert-OH is 2. The largest absolute Gasteiger partial charge is 0.497 e. The highest BCUT2D eigenvalue weighted by molar-refractivity contribution is 6.03. The molecule has 1 aromatic heterocycles. The lowest BCUT2D eigenvalue weighted by Gasteiger charge is -2.37. The Kier molecular flexibility index (Phi) is 9.65. The number of carbonyl (C=O) groups excluding carboxylic acids is 1. The Hall–Kier alpha value is -5.33. The third kappa shape index (κ3) is 6.44. The molecule has 5 aromatic rings. The molecular formula is C37H35N3O8. The summed E-state index contributed by atoms with van der Waals surface area (Å²) in [6.07, 6.45) is -3.85. The SMILES string of the molecule is COc1ccc(C(OCC2OC(n3ccc(NC(=O)c4ccccc4)nc3=O)C(O)C2O)(c2ccccc2)c2cccc(OC)c2)cc1. The van der Waals surface area contributed by atoms with Crippen LogP contribution >= 0.6 is 0 Å². The third-order valence-corrected chi connectivity index (χ3v) is 8.34. The highest BCUT2D eigenvalue weighted by atomic mass is 16.6. The fourth-order valence-corrected chi connectivity index (χ4v) is 5.85. The van der Waals surface area contributed by atoms with Gasteiger partial charge in [-0.25, -0.2) is 4.79 Å². The number of benzene rings is 4. The van der Waals surface area contributed by atoms with Crippen LogP contribution in [0.5, 0.6) is 11.5 Å². The van der Waals surface area contributed by atoms with Crippen LogP contribution in [0.2, 0.25) is 0 Å². The van der Waals surface area contributed by atoms with Crippen LogP contribution in [0.25, 0.3) is 0 Å². The summed E-state index contributed by atoms with van der Waals surface area (Å²) in [6, 6.07) is 34.5. The standard InChI is InChI=1S/C37H35N3O8/c1-45-28-18-16-26(17-19-28)37(25-12-7-4-8-13-25,27-14-9-15-29(22-27)46-2)47-23-30-32(41)33(42)35(48-30)40-21-20-31(39-36(40)44)38-34(43)24-10-5-3-6-11-24/h3-22,30,32-33,35,41-42H,23H2,1-2H3,(H,38,39,43,44). The Morgan fingerprint density at radius 2 is 1.46 bits per heavy atom. The van der Waals surface area contributed by atoms with Crippen molar-refractivity contribution in [2.75, 3.05) is 26.1 Å². The van der Waals surface area contributed by atoms with Gasteiger partial charge in [0.2, 0.25) is 0 Å². The van der Waals surface area contributed by atoms with E-state index in [9.17, 15) is 19.8 Å². The van der Waals surface area contributed by atoms with Gasteiger partial charge in [-0.2, -0.15) is 4.98 Å². The van der Waals surface area contributed by atoms with E-state index in [0.717, 1.165) is 21.3 Å². The number of hydrogen-bond donors (Lipinski definition) is 3. The van der Waals surface area contributed by atoms with Crippen molar-refractivity contribution in [3.05, 3.63) is 154 Å². The fraction of sp³-hybridized carbons (Fsp3) is 0.216. The molecule has 1 fully saturated rings. The predicted molar refractivity (Wildman–Crippen MR) is 177 cm³/mol. The molecule has 5 atom stereocenters. The average Bonchev–Trinajstić information content (AvgIpc) is 3.41. The van der Waals surface area contributed by atoms with Gasteiger partial charge in [0, 0.05) is 11.8 Å². The van der Waals surface area contributed by atoms with Crippen LogP contribution in [0.4, 0.5) is 5.82 Å². The van der Waals surface area contributed by atoms with Crippen LogP contribution in [-0.2, 0) is 15.1 Å². The maximum atomic E-state index is 13.1. The topological polar surface area (TPSA) is 141 Å². The summed E-state index contributed by atoms with van der Waals surface area (Å²) in [5.41, 5.74) is 0.704. The van der Waals surface area contributed by atoms with Gasteiger partial charge in [-0.15, -0.1) is 0 Å². The van der Waals surface area contributed by atoms with Crippen LogP contribution in [-0.4, -0.2) is 64.8 Å². The summed E-state index contributed by atoms with van der Waals surface area (Å²) in [5.74, 6) is 0.882. The zero-order valence-electron chi connectivity index (χ0n) is 26.3. The first kappa shape index (κ1) is 32.6. The van der Waals surface area contributed by atoms with E-state index in [1.807, 2.05) is 78.9 Å². The molecule has 2 heterocycles. The number of nitrogens with one attached hydrogen (secondary N) is 1. The van der Waals surface area contributed by atoms with Crippen molar-refractivity contribution in [2.45, 2.75) is 30.1 Å². The van der Waals surface area contributed by atoms with Gasteiger partial charge in [-0.1, -0.05) is 72.8 Å². The molecule has 0 radical (unpaired) electrons. The quantitative estimate of drug-likeness (QED) is 0.180. The van der Waals surface area contributed by atoms with Gasteiger partial charge in [0.25, 0.3) is 5.91 Å². The number of carbonyl (C=O) groups is 1. The van der Waals surface area contributed by atoms with Gasteiger partial charge < -0.3 is 34.5 Å². The van der Waals surface area contributed by atoms with Crippen LogP contribution in [0.15, 0.2) is 126 Å². The zero-order chi connectivity index (χ0) is 33.7. The van der Waals surface area contributed by atoms with E-state index in [1.165, 1.54) is 12.3 Å². The molecule has 1 saturated heterocycles. The summed E-state index contributed by atoms with van der Waals surface area (Å²) in [5, 5.41) is 24.8. The van der Waals surface area contributed by atoms with E-state index < -0.39 is 41.7 Å². The molecular weight excluding hydrogens is 614 g/mol. The van der Waals surface area contributed by atoms with Gasteiger partial charge in [0.05, 0.1) is 20.8 Å². The zero-order valence-corrected chi connectivity index (χ0v) is 26.3. The smallest absolute Gasteiger partial charge is 0.351 e. The molecule has 6 rings (SSSR count). The molecule has 1 aliphatic rings. The van der Waals surface area contributed by atoms with E-state index in [1.54, 1.807) is 44.6 Å². The molecule has 0 spiro atoms. The van der Waals surface area contributed by atoms with E-state index in [4.69, 9.17) is 18.9 Å². The van der Waals surface area contributed by atoms with Crippen LogP contribution in [0, 0.1) is 0 Å².